The van der Waals surface area contributed by atoms with Crippen LogP contribution in [0.1, 0.15) is 18.9 Å². The van der Waals surface area contributed by atoms with Crippen molar-refractivity contribution >= 4 is 41.2 Å². The van der Waals surface area contributed by atoms with Gasteiger partial charge in [-0.15, -0.1) is 11.8 Å². The number of rotatable bonds is 11. The lowest BCUT2D eigenvalue weighted by molar-refractivity contribution is -0.384. The van der Waals surface area contributed by atoms with E-state index in [-0.39, 0.29) is 31.9 Å². The van der Waals surface area contributed by atoms with Crippen LogP contribution in [0.25, 0.3) is 0 Å². The summed E-state index contributed by atoms with van der Waals surface area (Å²) in [5, 5.41) is 14.6. The Morgan fingerprint density at radius 3 is 2.44 bits per heavy atom. The van der Waals surface area contributed by atoms with Gasteiger partial charge in [-0.25, -0.2) is 4.79 Å². The molecular formula is C26H25N3O9S. The third-order valence-corrected chi connectivity index (χ3v) is 7.15. The molecule has 4 rings (SSSR count). The second kappa shape index (κ2) is 12.4. The van der Waals surface area contributed by atoms with Crippen LogP contribution in [-0.2, 0) is 35.3 Å². The second-order valence-electron chi connectivity index (χ2n) is 8.56. The van der Waals surface area contributed by atoms with Crippen LogP contribution in [0.5, 0.6) is 5.75 Å². The Hall–Kier alpha value is -4.39. The van der Waals surface area contributed by atoms with Gasteiger partial charge in [0.05, 0.1) is 4.92 Å². The lowest BCUT2D eigenvalue weighted by atomic mass is 9.98. The molecule has 0 aliphatic carbocycles. The number of nitro groups is 1. The second-order valence-corrected chi connectivity index (χ2v) is 9.55. The molecule has 2 aromatic rings. The monoisotopic (exact) mass is 555 g/mol. The van der Waals surface area contributed by atoms with E-state index in [9.17, 15) is 29.3 Å². The van der Waals surface area contributed by atoms with Crippen molar-refractivity contribution in [3.63, 3.8) is 0 Å². The molecule has 39 heavy (non-hydrogen) atoms. The Bertz CT molecular complexity index is 1280. The van der Waals surface area contributed by atoms with Crippen LogP contribution < -0.4 is 10.1 Å². The highest BCUT2D eigenvalue weighted by atomic mass is 32.2. The Kier molecular flexibility index (Phi) is 8.81. The normalized spacial score (nSPS) is 19.6. The first kappa shape index (κ1) is 27.6. The van der Waals surface area contributed by atoms with Crippen molar-refractivity contribution in [1.82, 2.24) is 10.2 Å². The van der Waals surface area contributed by atoms with Crippen LogP contribution in [-0.4, -0.2) is 64.2 Å². The first-order valence-electron chi connectivity index (χ1n) is 12.0. The number of amides is 2. The topological polar surface area (TPSA) is 154 Å². The number of hydrogen-bond acceptors (Lipinski definition) is 10. The van der Waals surface area contributed by atoms with E-state index in [2.05, 4.69) is 5.32 Å². The molecule has 2 aliphatic rings. The minimum absolute atomic E-state index is 0.103. The third-order valence-electron chi connectivity index (χ3n) is 5.94. The molecule has 12 nitrogen and oxygen atoms in total. The Morgan fingerprint density at radius 1 is 1.05 bits per heavy atom. The van der Waals surface area contributed by atoms with E-state index in [4.69, 9.17) is 14.2 Å². The molecular weight excluding hydrogens is 530 g/mol. The summed E-state index contributed by atoms with van der Waals surface area (Å²) in [5.74, 6) is -1.72. The zero-order chi connectivity index (χ0) is 27.9. The van der Waals surface area contributed by atoms with E-state index in [1.807, 2.05) is 6.07 Å². The molecule has 2 aromatic carbocycles. The smallest absolute Gasteiger partial charge is 0.333 e. The predicted molar refractivity (Wildman–Crippen MR) is 138 cm³/mol. The molecule has 13 heteroatoms. The number of hydrogen-bond donors (Lipinski definition) is 1. The van der Waals surface area contributed by atoms with Crippen LogP contribution in [0, 0.1) is 10.1 Å². The van der Waals surface area contributed by atoms with E-state index >= 15 is 0 Å². The number of para-hydroxylation sites is 1. The van der Waals surface area contributed by atoms with E-state index < -0.39 is 46.1 Å². The average Bonchev–Trinajstić information content (AvgIpc) is 2.96. The number of ether oxygens (including phenoxy) is 3. The van der Waals surface area contributed by atoms with Crippen LogP contribution >= 0.6 is 11.8 Å². The molecule has 204 valence electrons. The number of esters is 2. The molecule has 1 saturated heterocycles. The SMILES string of the molecule is CCC(=O)OCC1=CS[C@@H]2C(NC(=O)COc3ccccc3)C(=O)N2C1C(=O)OCc1ccc([N+](=O)[O-])cc1. The summed E-state index contributed by atoms with van der Waals surface area (Å²) in [5.41, 5.74) is 0.767. The molecule has 0 saturated carbocycles. The van der Waals surface area contributed by atoms with Gasteiger partial charge in [-0.1, -0.05) is 25.1 Å². The van der Waals surface area contributed by atoms with Crippen molar-refractivity contribution in [3.8, 4) is 5.75 Å². The van der Waals surface area contributed by atoms with Crippen molar-refractivity contribution in [3.05, 3.63) is 81.3 Å². The number of nitro benzene ring substituents is 1. The van der Waals surface area contributed by atoms with Crippen molar-refractivity contribution in [2.45, 2.75) is 37.4 Å². The molecule has 2 unspecified atom stereocenters. The Balaban J connectivity index is 1.42. The number of carbonyl (C=O) groups is 4. The van der Waals surface area contributed by atoms with Crippen molar-refractivity contribution in [2.75, 3.05) is 13.2 Å². The fourth-order valence-electron chi connectivity index (χ4n) is 3.91. The first-order chi connectivity index (χ1) is 18.8. The molecule has 0 radical (unpaired) electrons. The summed E-state index contributed by atoms with van der Waals surface area (Å²) in [7, 11) is 0. The van der Waals surface area contributed by atoms with Crippen LogP contribution in [0.15, 0.2) is 65.6 Å². The fourth-order valence-corrected chi connectivity index (χ4v) is 5.12. The van der Waals surface area contributed by atoms with Crippen LogP contribution in [0.3, 0.4) is 0 Å². The van der Waals surface area contributed by atoms with Gasteiger partial charge in [0.15, 0.2) is 12.6 Å². The summed E-state index contributed by atoms with van der Waals surface area (Å²) >= 11 is 1.21. The number of thioether (sulfide) groups is 1. The largest absolute Gasteiger partial charge is 0.484 e. The van der Waals surface area contributed by atoms with Gasteiger partial charge in [-0.05, 0) is 35.2 Å². The number of nitrogens with one attached hydrogen (secondary N) is 1. The molecule has 1 fully saturated rings. The summed E-state index contributed by atoms with van der Waals surface area (Å²) < 4.78 is 16.1. The summed E-state index contributed by atoms with van der Waals surface area (Å²) in [6, 6.07) is 12.2. The van der Waals surface area contributed by atoms with Crippen LogP contribution in [0.4, 0.5) is 5.69 Å². The zero-order valence-electron chi connectivity index (χ0n) is 20.8. The van der Waals surface area contributed by atoms with Gasteiger partial charge in [-0.3, -0.25) is 24.5 Å². The van der Waals surface area contributed by atoms with Gasteiger partial charge >= 0.3 is 11.9 Å². The molecule has 2 heterocycles. The molecule has 1 N–H and O–H groups in total. The van der Waals surface area contributed by atoms with E-state index in [0.29, 0.717) is 16.9 Å². The first-order valence-corrected chi connectivity index (χ1v) is 12.9. The summed E-state index contributed by atoms with van der Waals surface area (Å²) in [4.78, 5) is 62.0. The number of non-ortho nitro benzene ring substituents is 1. The van der Waals surface area contributed by atoms with Gasteiger partial charge in [0.25, 0.3) is 11.6 Å². The van der Waals surface area contributed by atoms with Crippen molar-refractivity contribution < 1.29 is 38.3 Å². The number of nitrogens with zero attached hydrogens (tertiary/aromatic N) is 2. The molecule has 0 bridgehead atoms. The van der Waals surface area contributed by atoms with Gasteiger partial charge in [0, 0.05) is 24.1 Å². The maximum atomic E-state index is 13.2. The number of carbonyl (C=O) groups excluding carboxylic acids is 4. The summed E-state index contributed by atoms with van der Waals surface area (Å²) in [6.45, 7) is 0.938. The van der Waals surface area contributed by atoms with Crippen molar-refractivity contribution in [2.24, 2.45) is 0 Å². The molecule has 0 aromatic heterocycles. The number of benzene rings is 2. The highest BCUT2D eigenvalue weighted by Gasteiger charge is 2.56. The average molecular weight is 556 g/mol. The molecule has 3 atom stereocenters. The van der Waals surface area contributed by atoms with E-state index in [1.165, 1.54) is 40.9 Å². The lowest BCUT2D eigenvalue weighted by Crippen LogP contribution is -2.74. The van der Waals surface area contributed by atoms with Gasteiger partial charge < -0.3 is 24.4 Å². The minimum Gasteiger partial charge on any atom is -0.484 e. The van der Waals surface area contributed by atoms with E-state index in [0.717, 1.165) is 0 Å². The third kappa shape index (κ3) is 6.55. The minimum atomic E-state index is -1.17. The zero-order valence-corrected chi connectivity index (χ0v) is 21.6. The highest BCUT2D eigenvalue weighted by molar-refractivity contribution is 8.02. The van der Waals surface area contributed by atoms with E-state index in [1.54, 1.807) is 36.6 Å². The van der Waals surface area contributed by atoms with Crippen LogP contribution in [0.2, 0.25) is 0 Å². The molecule has 2 amide bonds. The summed E-state index contributed by atoms with van der Waals surface area (Å²) in [6.07, 6.45) is 0.139. The van der Waals surface area contributed by atoms with Gasteiger partial charge in [0.1, 0.15) is 30.4 Å². The predicted octanol–water partition coefficient (Wildman–Crippen LogP) is 2.32. The molecule has 2 aliphatic heterocycles. The van der Waals surface area contributed by atoms with Gasteiger partial charge in [-0.2, -0.15) is 0 Å². The number of fused-ring (bicyclic) bond motifs is 1. The number of β-lactam (4-membered cyclic amide) rings is 1. The van der Waals surface area contributed by atoms with Gasteiger partial charge in [0.2, 0.25) is 5.91 Å². The molecule has 0 spiro atoms. The highest BCUT2D eigenvalue weighted by Crippen LogP contribution is 2.40. The van der Waals surface area contributed by atoms with Crippen molar-refractivity contribution in [1.29, 1.82) is 0 Å². The standard InChI is InChI=1S/C26H25N3O9S/c1-2-21(31)37-13-17-15-39-25-22(27-20(30)14-36-19-6-4-3-5-7-19)24(32)28(25)23(17)26(33)38-12-16-8-10-18(11-9-16)29(34)35/h3-11,15,22-23,25H,2,12-14H2,1H3,(H,27,30)/t22?,23?,25-/m1/s1. The fraction of sp³-hybridized carbons (Fsp3) is 0.308. The lowest BCUT2D eigenvalue weighted by Gasteiger charge is -2.51. The quantitative estimate of drug-likeness (QED) is 0.189. The Morgan fingerprint density at radius 2 is 1.77 bits per heavy atom. The maximum absolute atomic E-state index is 13.2. The maximum Gasteiger partial charge on any atom is 0.333 e. The Labute approximate surface area is 227 Å².